The molecule has 4 rings (SSSR count). The number of sulfonamides is 1. The summed E-state index contributed by atoms with van der Waals surface area (Å²) in [7, 11) is -3.80. The second-order valence-corrected chi connectivity index (χ2v) is 9.32. The summed E-state index contributed by atoms with van der Waals surface area (Å²) in [4.78, 5) is 14.9. The summed E-state index contributed by atoms with van der Waals surface area (Å²) in [5.41, 5.74) is 3.63. The fraction of sp³-hybridized carbons (Fsp3) is 0.154. The second kappa shape index (κ2) is 9.72. The Morgan fingerprint density at radius 2 is 1.76 bits per heavy atom. The number of carboxylic acids is 1. The maximum Gasteiger partial charge on any atom is 0.354 e. The van der Waals surface area contributed by atoms with Gasteiger partial charge in [0.2, 0.25) is 0 Å². The van der Waals surface area contributed by atoms with Gasteiger partial charge in [-0.05, 0) is 73.2 Å². The van der Waals surface area contributed by atoms with Gasteiger partial charge in [-0.3, -0.25) is 4.72 Å². The zero-order chi connectivity index (χ0) is 23.3. The van der Waals surface area contributed by atoms with E-state index >= 15 is 0 Å². The second-order valence-electron chi connectivity index (χ2n) is 7.64. The summed E-state index contributed by atoms with van der Waals surface area (Å²) in [6, 6.07) is 16.7. The number of para-hydroxylation sites is 1. The summed E-state index contributed by atoms with van der Waals surface area (Å²) < 4.78 is 28.6. The van der Waals surface area contributed by atoms with Gasteiger partial charge < -0.3 is 5.11 Å². The Hall–Kier alpha value is -3.89. The maximum absolute atomic E-state index is 13.0. The van der Waals surface area contributed by atoms with Crippen molar-refractivity contribution in [2.24, 2.45) is 0 Å². The molecule has 1 aliphatic carbocycles. The van der Waals surface area contributed by atoms with Crippen LogP contribution in [-0.4, -0.2) is 24.5 Å². The van der Waals surface area contributed by atoms with Gasteiger partial charge in [0.1, 0.15) is 5.69 Å². The van der Waals surface area contributed by atoms with E-state index in [2.05, 4.69) is 27.6 Å². The predicted molar refractivity (Wildman–Crippen MR) is 127 cm³/mol. The molecule has 0 saturated heterocycles. The number of carboxylic acid groups (broad SMARTS) is 1. The Labute approximate surface area is 193 Å². The van der Waals surface area contributed by atoms with E-state index in [0.717, 1.165) is 24.8 Å². The molecule has 7 heteroatoms. The van der Waals surface area contributed by atoms with Crippen molar-refractivity contribution < 1.29 is 18.3 Å². The van der Waals surface area contributed by atoms with Gasteiger partial charge in [-0.2, -0.15) is 0 Å². The van der Waals surface area contributed by atoms with Gasteiger partial charge in [0.15, 0.2) is 0 Å². The van der Waals surface area contributed by atoms with Gasteiger partial charge >= 0.3 is 5.97 Å². The van der Waals surface area contributed by atoms with Crippen LogP contribution in [0.25, 0.3) is 5.57 Å². The van der Waals surface area contributed by atoms with E-state index in [1.807, 2.05) is 12.1 Å². The number of nitrogens with zero attached hydrogens (tertiary/aromatic N) is 1. The highest BCUT2D eigenvalue weighted by molar-refractivity contribution is 7.92. The van der Waals surface area contributed by atoms with Gasteiger partial charge in [-0.25, -0.2) is 18.2 Å². The molecule has 0 bridgehead atoms. The predicted octanol–water partition coefficient (Wildman–Crippen LogP) is 4.94. The average molecular weight is 459 g/mol. The molecule has 2 aromatic carbocycles. The van der Waals surface area contributed by atoms with Crippen LogP contribution in [0.2, 0.25) is 0 Å². The van der Waals surface area contributed by atoms with Crippen molar-refractivity contribution in [1.82, 2.24) is 4.98 Å². The molecule has 0 amide bonds. The van der Waals surface area contributed by atoms with Crippen LogP contribution in [0.15, 0.2) is 77.8 Å². The summed E-state index contributed by atoms with van der Waals surface area (Å²) in [6.45, 7) is 0. The highest BCUT2D eigenvalue weighted by Crippen LogP contribution is 2.28. The van der Waals surface area contributed by atoms with E-state index in [1.54, 1.807) is 42.5 Å². The van der Waals surface area contributed by atoms with Crippen LogP contribution >= 0.6 is 0 Å². The quantitative estimate of drug-likeness (QED) is 0.528. The van der Waals surface area contributed by atoms with E-state index < -0.39 is 16.0 Å². The normalized spacial score (nSPS) is 13.4. The number of aromatic nitrogens is 1. The molecule has 3 aromatic rings. The molecule has 0 atom stereocenters. The summed E-state index contributed by atoms with van der Waals surface area (Å²) in [5, 5.41) is 8.94. The molecule has 2 N–H and O–H groups in total. The van der Waals surface area contributed by atoms with Crippen molar-refractivity contribution in [2.45, 2.75) is 30.6 Å². The zero-order valence-corrected chi connectivity index (χ0v) is 18.6. The SMILES string of the molecule is O=C(O)c1ccc(C#Cc2ccccc2NS(=O)(=O)c2ccc(C3=CCCCC3)cc2)cn1. The molecule has 6 nitrogen and oxygen atoms in total. The molecule has 1 aliphatic rings. The lowest BCUT2D eigenvalue weighted by Gasteiger charge is -2.14. The number of anilines is 1. The van der Waals surface area contributed by atoms with Gasteiger partial charge in [0, 0.05) is 17.3 Å². The first kappa shape index (κ1) is 22.3. The van der Waals surface area contributed by atoms with E-state index in [0.29, 0.717) is 16.8 Å². The van der Waals surface area contributed by atoms with E-state index in [9.17, 15) is 13.2 Å². The van der Waals surface area contributed by atoms with Crippen molar-refractivity contribution in [3.63, 3.8) is 0 Å². The van der Waals surface area contributed by atoms with Gasteiger partial charge in [-0.15, -0.1) is 0 Å². The summed E-state index contributed by atoms with van der Waals surface area (Å²) in [6.07, 6.45) is 8.04. The first-order valence-corrected chi connectivity index (χ1v) is 12.0. The zero-order valence-electron chi connectivity index (χ0n) is 17.8. The number of allylic oxidation sites excluding steroid dienone is 2. The highest BCUT2D eigenvalue weighted by Gasteiger charge is 2.16. The van der Waals surface area contributed by atoms with E-state index in [4.69, 9.17) is 5.11 Å². The molecule has 166 valence electrons. The van der Waals surface area contributed by atoms with Crippen molar-refractivity contribution in [2.75, 3.05) is 4.72 Å². The van der Waals surface area contributed by atoms with E-state index in [1.165, 1.54) is 24.3 Å². The monoisotopic (exact) mass is 458 g/mol. The molecule has 0 unspecified atom stereocenters. The smallest absolute Gasteiger partial charge is 0.354 e. The number of benzene rings is 2. The third-order valence-corrected chi connectivity index (χ3v) is 6.70. The molecule has 1 aromatic heterocycles. The highest BCUT2D eigenvalue weighted by atomic mass is 32.2. The summed E-state index contributed by atoms with van der Waals surface area (Å²) in [5.74, 6) is 4.71. The Balaban J connectivity index is 1.55. The van der Waals surface area contributed by atoms with Gasteiger partial charge in [0.25, 0.3) is 10.0 Å². The number of aromatic carboxylic acids is 1. The topological polar surface area (TPSA) is 96.4 Å². The molecule has 0 radical (unpaired) electrons. The fourth-order valence-corrected chi connectivity index (χ4v) is 4.65. The van der Waals surface area contributed by atoms with Crippen LogP contribution in [0.3, 0.4) is 0 Å². The third kappa shape index (κ3) is 5.48. The Bertz CT molecular complexity index is 1360. The number of hydrogen-bond donors (Lipinski definition) is 2. The van der Waals surface area contributed by atoms with Crippen LogP contribution in [-0.2, 0) is 10.0 Å². The largest absolute Gasteiger partial charge is 0.477 e. The number of rotatable bonds is 5. The van der Waals surface area contributed by atoms with Crippen LogP contribution < -0.4 is 4.72 Å². The minimum atomic E-state index is -3.80. The van der Waals surface area contributed by atoms with E-state index in [-0.39, 0.29) is 10.6 Å². The summed E-state index contributed by atoms with van der Waals surface area (Å²) >= 11 is 0. The Kier molecular flexibility index (Phi) is 6.57. The molecule has 33 heavy (non-hydrogen) atoms. The minimum Gasteiger partial charge on any atom is -0.477 e. The molecule has 0 spiro atoms. The number of carbonyl (C=O) groups is 1. The lowest BCUT2D eigenvalue weighted by molar-refractivity contribution is 0.0690. The molecule has 1 heterocycles. The molecule has 0 fully saturated rings. The van der Waals surface area contributed by atoms with Gasteiger partial charge in [0.05, 0.1) is 10.6 Å². The maximum atomic E-state index is 13.0. The first-order chi connectivity index (χ1) is 15.9. The van der Waals surface area contributed by atoms with Crippen molar-refractivity contribution in [3.05, 3.63) is 95.3 Å². The minimum absolute atomic E-state index is 0.0699. The van der Waals surface area contributed by atoms with Gasteiger partial charge in [-0.1, -0.05) is 42.2 Å². The van der Waals surface area contributed by atoms with Crippen molar-refractivity contribution in [1.29, 1.82) is 0 Å². The molecule has 0 aliphatic heterocycles. The average Bonchev–Trinajstić information content (AvgIpc) is 2.84. The number of nitrogens with one attached hydrogen (secondary N) is 1. The number of hydrogen-bond acceptors (Lipinski definition) is 4. The fourth-order valence-electron chi connectivity index (χ4n) is 3.57. The van der Waals surface area contributed by atoms with Crippen LogP contribution in [0.4, 0.5) is 5.69 Å². The number of pyridine rings is 1. The Morgan fingerprint density at radius 3 is 2.42 bits per heavy atom. The van der Waals surface area contributed by atoms with Crippen molar-refractivity contribution in [3.8, 4) is 11.8 Å². The van der Waals surface area contributed by atoms with Crippen molar-refractivity contribution >= 4 is 27.3 Å². The lowest BCUT2D eigenvalue weighted by atomic mass is 9.94. The Morgan fingerprint density at radius 1 is 0.970 bits per heavy atom. The lowest BCUT2D eigenvalue weighted by Crippen LogP contribution is -2.13. The molecular weight excluding hydrogens is 436 g/mol. The van der Waals surface area contributed by atoms with Crippen LogP contribution in [0, 0.1) is 11.8 Å². The third-order valence-electron chi connectivity index (χ3n) is 5.32. The standard InChI is InChI=1S/C26H22N2O4S/c29-26(30)25-17-11-19(18-27-25)10-12-22-8-4-5-9-24(22)28-33(31,32)23-15-13-21(14-16-23)20-6-2-1-3-7-20/h4-6,8-9,11,13-18,28H,1-3,7H2,(H,29,30). The molecule has 0 saturated carbocycles. The molecular formula is C26H22N2O4S. The first-order valence-electron chi connectivity index (χ1n) is 10.5. The van der Waals surface area contributed by atoms with Crippen LogP contribution in [0.1, 0.15) is 52.9 Å². The van der Waals surface area contributed by atoms with Crippen LogP contribution in [0.5, 0.6) is 0 Å².